The Balaban J connectivity index is 2.78. The zero-order chi connectivity index (χ0) is 14.6. The second-order valence-electron chi connectivity index (χ2n) is 5.00. The molecule has 1 rings (SSSR count). The normalized spacial score (nSPS) is 13.6. The molecule has 0 radical (unpaired) electrons. The highest BCUT2D eigenvalue weighted by molar-refractivity contribution is 9.10. The molecule has 2 N–H and O–H groups in total. The van der Waals surface area contributed by atoms with Crippen molar-refractivity contribution in [2.45, 2.75) is 39.0 Å². The molecule has 0 aliphatic carbocycles. The van der Waals surface area contributed by atoms with Crippen LogP contribution in [0.1, 0.15) is 26.3 Å². The molecule has 0 aliphatic rings. The fourth-order valence-corrected chi connectivity index (χ4v) is 3.19. The molecule has 0 saturated carbocycles. The molecule has 0 spiro atoms. The lowest BCUT2D eigenvalue weighted by Crippen LogP contribution is -2.37. The van der Waals surface area contributed by atoms with E-state index in [1.807, 2.05) is 32.9 Å². The van der Waals surface area contributed by atoms with E-state index in [9.17, 15) is 8.42 Å². The molecule has 19 heavy (non-hydrogen) atoms. The summed E-state index contributed by atoms with van der Waals surface area (Å²) in [5.74, 6) is 0. The first-order chi connectivity index (χ1) is 8.72. The first-order valence-corrected chi connectivity index (χ1v) is 8.57. The highest BCUT2D eigenvalue weighted by atomic mass is 79.9. The molecular formula is C13H21BrN2O2S. The van der Waals surface area contributed by atoms with Gasteiger partial charge in [-0.1, -0.05) is 19.9 Å². The van der Waals surface area contributed by atoms with Gasteiger partial charge in [0.25, 0.3) is 0 Å². The number of anilines is 1. The lowest BCUT2D eigenvalue weighted by atomic mass is 10.2. The van der Waals surface area contributed by atoms with Crippen LogP contribution in [0.5, 0.6) is 0 Å². The Labute approximate surface area is 124 Å². The molecule has 0 bridgehead atoms. The molecule has 1 unspecified atom stereocenters. The van der Waals surface area contributed by atoms with Gasteiger partial charge in [0.2, 0.25) is 10.0 Å². The van der Waals surface area contributed by atoms with E-state index in [2.05, 4.69) is 26.0 Å². The Kier molecular flexibility index (Phi) is 5.82. The van der Waals surface area contributed by atoms with E-state index in [1.54, 1.807) is 13.0 Å². The molecular weight excluding hydrogens is 328 g/mol. The average molecular weight is 349 g/mol. The summed E-state index contributed by atoms with van der Waals surface area (Å²) in [4.78, 5) is 0. The number of hydrogen-bond donors (Lipinski definition) is 2. The van der Waals surface area contributed by atoms with Crippen LogP contribution in [0.2, 0.25) is 0 Å². The van der Waals surface area contributed by atoms with Crippen LogP contribution in [-0.4, -0.2) is 26.3 Å². The van der Waals surface area contributed by atoms with Crippen LogP contribution in [-0.2, 0) is 10.0 Å². The zero-order valence-electron chi connectivity index (χ0n) is 11.7. The van der Waals surface area contributed by atoms with Crippen molar-refractivity contribution in [1.29, 1.82) is 0 Å². The molecule has 4 nitrogen and oxygen atoms in total. The van der Waals surface area contributed by atoms with Crippen LogP contribution >= 0.6 is 15.9 Å². The fourth-order valence-electron chi connectivity index (χ4n) is 1.47. The molecule has 1 aromatic carbocycles. The lowest BCUT2D eigenvalue weighted by molar-refractivity contribution is 0.553. The largest absolute Gasteiger partial charge is 0.313 e. The second-order valence-corrected chi connectivity index (χ2v) is 7.96. The van der Waals surface area contributed by atoms with Crippen molar-refractivity contribution in [2.24, 2.45) is 0 Å². The van der Waals surface area contributed by atoms with Gasteiger partial charge in [-0.25, -0.2) is 8.42 Å². The Hall–Kier alpha value is -0.590. The summed E-state index contributed by atoms with van der Waals surface area (Å²) >= 11 is 3.37. The zero-order valence-corrected chi connectivity index (χ0v) is 14.1. The summed E-state index contributed by atoms with van der Waals surface area (Å²) in [5, 5.41) is 2.63. The summed E-state index contributed by atoms with van der Waals surface area (Å²) in [7, 11) is -3.39. The SMILES string of the molecule is Cc1ccc(NS(=O)(=O)C(C)CNC(C)C)c(Br)c1. The van der Waals surface area contributed by atoms with Crippen molar-refractivity contribution < 1.29 is 8.42 Å². The molecule has 0 heterocycles. The third-order valence-corrected chi connectivity index (χ3v) is 5.11. The Bertz CT molecular complexity index is 529. The number of rotatable bonds is 6. The van der Waals surface area contributed by atoms with Crippen molar-refractivity contribution in [1.82, 2.24) is 5.32 Å². The summed E-state index contributed by atoms with van der Waals surface area (Å²) in [6, 6.07) is 5.79. The van der Waals surface area contributed by atoms with Crippen LogP contribution in [0, 0.1) is 6.92 Å². The number of aryl methyl sites for hydroxylation is 1. The summed E-state index contributed by atoms with van der Waals surface area (Å²) < 4.78 is 27.7. The van der Waals surface area contributed by atoms with E-state index < -0.39 is 15.3 Å². The molecule has 0 aliphatic heterocycles. The Morgan fingerprint density at radius 1 is 1.26 bits per heavy atom. The summed E-state index contributed by atoms with van der Waals surface area (Å²) in [5.41, 5.74) is 1.64. The molecule has 1 aromatic rings. The van der Waals surface area contributed by atoms with Gasteiger partial charge in [0.1, 0.15) is 0 Å². The van der Waals surface area contributed by atoms with Crippen molar-refractivity contribution >= 4 is 31.6 Å². The first kappa shape index (κ1) is 16.5. The minimum absolute atomic E-state index is 0.267. The maximum atomic E-state index is 12.2. The van der Waals surface area contributed by atoms with E-state index in [4.69, 9.17) is 0 Å². The maximum absolute atomic E-state index is 12.2. The lowest BCUT2D eigenvalue weighted by Gasteiger charge is -2.17. The molecule has 0 amide bonds. The minimum atomic E-state index is -3.39. The number of halogens is 1. The highest BCUT2D eigenvalue weighted by Crippen LogP contribution is 2.25. The first-order valence-electron chi connectivity index (χ1n) is 6.23. The van der Waals surface area contributed by atoms with Gasteiger partial charge in [-0.3, -0.25) is 4.72 Å². The molecule has 0 saturated heterocycles. The monoisotopic (exact) mass is 348 g/mol. The third kappa shape index (κ3) is 5.12. The second kappa shape index (κ2) is 6.72. The topological polar surface area (TPSA) is 58.2 Å². The van der Waals surface area contributed by atoms with Crippen LogP contribution in [0.15, 0.2) is 22.7 Å². The van der Waals surface area contributed by atoms with Crippen molar-refractivity contribution in [2.75, 3.05) is 11.3 Å². The number of nitrogens with one attached hydrogen (secondary N) is 2. The molecule has 1 atom stereocenters. The average Bonchev–Trinajstić information content (AvgIpc) is 2.29. The number of hydrogen-bond acceptors (Lipinski definition) is 3. The smallest absolute Gasteiger partial charge is 0.236 e. The van der Waals surface area contributed by atoms with Gasteiger partial charge in [-0.05, 0) is 47.5 Å². The predicted octanol–water partition coefficient (Wildman–Crippen LogP) is 2.89. The molecule has 0 aromatic heterocycles. The quantitative estimate of drug-likeness (QED) is 0.830. The van der Waals surface area contributed by atoms with Gasteiger partial charge < -0.3 is 5.32 Å². The van der Waals surface area contributed by atoms with Crippen LogP contribution in [0.3, 0.4) is 0 Å². The number of sulfonamides is 1. The van der Waals surface area contributed by atoms with Gasteiger partial charge in [0, 0.05) is 17.1 Å². The summed E-state index contributed by atoms with van der Waals surface area (Å²) in [6.07, 6.45) is 0. The van der Waals surface area contributed by atoms with Crippen LogP contribution < -0.4 is 10.0 Å². The minimum Gasteiger partial charge on any atom is -0.313 e. The van der Waals surface area contributed by atoms with Crippen molar-refractivity contribution in [3.8, 4) is 0 Å². The van der Waals surface area contributed by atoms with E-state index in [-0.39, 0.29) is 6.04 Å². The predicted molar refractivity (Wildman–Crippen MR) is 84.0 cm³/mol. The van der Waals surface area contributed by atoms with E-state index in [0.29, 0.717) is 12.2 Å². The van der Waals surface area contributed by atoms with Gasteiger partial charge in [0.15, 0.2) is 0 Å². The maximum Gasteiger partial charge on any atom is 0.236 e. The van der Waals surface area contributed by atoms with E-state index in [1.165, 1.54) is 0 Å². The molecule has 0 fully saturated rings. The Morgan fingerprint density at radius 2 is 1.89 bits per heavy atom. The van der Waals surface area contributed by atoms with Crippen LogP contribution in [0.4, 0.5) is 5.69 Å². The third-order valence-electron chi connectivity index (χ3n) is 2.72. The molecule has 108 valence electrons. The van der Waals surface area contributed by atoms with Crippen LogP contribution in [0.25, 0.3) is 0 Å². The fraction of sp³-hybridized carbons (Fsp3) is 0.538. The van der Waals surface area contributed by atoms with Crippen molar-refractivity contribution in [3.63, 3.8) is 0 Å². The van der Waals surface area contributed by atoms with Gasteiger partial charge >= 0.3 is 0 Å². The Morgan fingerprint density at radius 3 is 2.42 bits per heavy atom. The van der Waals surface area contributed by atoms with Crippen molar-refractivity contribution in [3.05, 3.63) is 28.2 Å². The highest BCUT2D eigenvalue weighted by Gasteiger charge is 2.21. The summed E-state index contributed by atoms with van der Waals surface area (Å²) in [6.45, 7) is 8.06. The van der Waals surface area contributed by atoms with E-state index >= 15 is 0 Å². The van der Waals surface area contributed by atoms with Gasteiger partial charge in [0.05, 0.1) is 10.9 Å². The van der Waals surface area contributed by atoms with Gasteiger partial charge in [-0.2, -0.15) is 0 Å². The van der Waals surface area contributed by atoms with E-state index in [0.717, 1.165) is 10.0 Å². The number of benzene rings is 1. The molecule has 6 heteroatoms. The van der Waals surface area contributed by atoms with Gasteiger partial charge in [-0.15, -0.1) is 0 Å². The standard InChI is InChI=1S/C13H21BrN2O2S/c1-9(2)15-8-11(4)19(17,18)16-13-6-5-10(3)7-12(13)14/h5-7,9,11,15-16H,8H2,1-4H3.